The molecule has 144 valence electrons. The van der Waals surface area contributed by atoms with Crippen LogP contribution in [-0.4, -0.2) is 40.8 Å². The largest absolute Gasteiger partial charge is 0.381 e. The number of ether oxygens (including phenoxy) is 1. The van der Waals surface area contributed by atoms with E-state index in [1.165, 1.54) is 12.1 Å². The average Bonchev–Trinajstić information content (AvgIpc) is 3.13. The molecular weight excluding hydrogens is 359 g/mol. The fourth-order valence-corrected chi connectivity index (χ4v) is 4.35. The molecule has 28 heavy (non-hydrogen) atoms. The monoisotopic (exact) mass is 380 g/mol. The minimum atomic E-state index is -0.318. The molecule has 1 saturated heterocycles. The molecule has 1 aromatic carbocycles. The molecule has 1 unspecified atom stereocenters. The van der Waals surface area contributed by atoms with Crippen molar-refractivity contribution in [2.24, 2.45) is 0 Å². The Bertz CT molecular complexity index is 1030. The molecule has 0 bridgehead atoms. The summed E-state index contributed by atoms with van der Waals surface area (Å²) in [6, 6.07) is 6.88. The van der Waals surface area contributed by atoms with Crippen LogP contribution in [-0.2, 0) is 9.53 Å². The van der Waals surface area contributed by atoms with Crippen LogP contribution in [0.5, 0.6) is 0 Å². The predicted octanol–water partition coefficient (Wildman–Crippen LogP) is 3.75. The molecular formula is C21H21FN4O2. The highest BCUT2D eigenvalue weighted by Gasteiger charge is 2.30. The van der Waals surface area contributed by atoms with E-state index in [-0.39, 0.29) is 17.8 Å². The Labute approximate surface area is 161 Å². The van der Waals surface area contributed by atoms with Crippen LogP contribution >= 0.6 is 0 Å². The summed E-state index contributed by atoms with van der Waals surface area (Å²) in [7, 11) is 0. The maximum atomic E-state index is 14.1. The normalized spacial score (nSPS) is 20.3. The lowest BCUT2D eigenvalue weighted by Gasteiger charge is -2.32. The van der Waals surface area contributed by atoms with Crippen LogP contribution in [0.4, 0.5) is 15.9 Å². The summed E-state index contributed by atoms with van der Waals surface area (Å²) in [5, 5.41) is 5.89. The molecule has 0 saturated carbocycles. The van der Waals surface area contributed by atoms with E-state index in [0.29, 0.717) is 18.7 Å². The SMILES string of the molecule is O=CC1CCN(c2nn(C3CCOCC3)c3ccncc23)c2cc(F)ccc21. The number of rotatable bonds is 3. The molecule has 5 rings (SSSR count). The summed E-state index contributed by atoms with van der Waals surface area (Å²) < 4.78 is 21.6. The van der Waals surface area contributed by atoms with E-state index in [9.17, 15) is 9.18 Å². The lowest BCUT2D eigenvalue weighted by Crippen LogP contribution is -2.28. The fraction of sp³-hybridized carbons (Fsp3) is 0.381. The molecule has 2 aliphatic rings. The Morgan fingerprint density at radius 3 is 2.86 bits per heavy atom. The average molecular weight is 380 g/mol. The van der Waals surface area contributed by atoms with Gasteiger partial charge < -0.3 is 14.4 Å². The highest BCUT2D eigenvalue weighted by Crippen LogP contribution is 2.41. The molecule has 3 aromatic rings. The quantitative estimate of drug-likeness (QED) is 0.648. The lowest BCUT2D eigenvalue weighted by molar-refractivity contribution is -0.109. The summed E-state index contributed by atoms with van der Waals surface area (Å²) in [6.45, 7) is 2.06. The Kier molecular flexibility index (Phi) is 4.31. The maximum absolute atomic E-state index is 14.1. The maximum Gasteiger partial charge on any atom is 0.164 e. The number of carbonyl (C=O) groups is 1. The first kappa shape index (κ1) is 17.3. The van der Waals surface area contributed by atoms with Gasteiger partial charge in [0.2, 0.25) is 0 Å². The van der Waals surface area contributed by atoms with Gasteiger partial charge in [-0.25, -0.2) is 4.39 Å². The highest BCUT2D eigenvalue weighted by atomic mass is 19.1. The zero-order valence-corrected chi connectivity index (χ0v) is 15.4. The second-order valence-corrected chi connectivity index (χ2v) is 7.39. The number of aromatic nitrogens is 3. The van der Waals surface area contributed by atoms with Gasteiger partial charge in [0.15, 0.2) is 5.82 Å². The van der Waals surface area contributed by atoms with Crippen molar-refractivity contribution in [2.45, 2.75) is 31.2 Å². The van der Waals surface area contributed by atoms with Gasteiger partial charge in [-0.3, -0.25) is 9.67 Å². The van der Waals surface area contributed by atoms with Gasteiger partial charge in [-0.1, -0.05) is 6.07 Å². The van der Waals surface area contributed by atoms with Crippen LogP contribution in [0.25, 0.3) is 10.9 Å². The number of pyridine rings is 1. The van der Waals surface area contributed by atoms with E-state index < -0.39 is 0 Å². The van der Waals surface area contributed by atoms with Crippen LogP contribution in [0.15, 0.2) is 36.7 Å². The Morgan fingerprint density at radius 1 is 1.18 bits per heavy atom. The van der Waals surface area contributed by atoms with Crippen molar-refractivity contribution in [3.8, 4) is 0 Å². The molecule has 2 aromatic heterocycles. The van der Waals surface area contributed by atoms with Gasteiger partial charge in [-0.15, -0.1) is 0 Å². The Balaban J connectivity index is 1.66. The summed E-state index contributed by atoms with van der Waals surface area (Å²) in [4.78, 5) is 17.8. The van der Waals surface area contributed by atoms with Gasteiger partial charge in [0.1, 0.15) is 12.1 Å². The molecule has 0 aliphatic carbocycles. The Hall–Kier alpha value is -2.80. The minimum absolute atomic E-state index is 0.214. The first-order chi connectivity index (χ1) is 13.8. The molecule has 2 aliphatic heterocycles. The van der Waals surface area contributed by atoms with Crippen molar-refractivity contribution in [1.29, 1.82) is 0 Å². The van der Waals surface area contributed by atoms with Crippen molar-refractivity contribution >= 4 is 28.7 Å². The van der Waals surface area contributed by atoms with Crippen LogP contribution in [0.2, 0.25) is 0 Å². The highest BCUT2D eigenvalue weighted by molar-refractivity contribution is 5.93. The molecule has 1 atom stereocenters. The van der Waals surface area contributed by atoms with E-state index in [0.717, 1.165) is 54.6 Å². The van der Waals surface area contributed by atoms with Gasteiger partial charge >= 0.3 is 0 Å². The molecule has 0 spiro atoms. The number of carbonyl (C=O) groups excluding carboxylic acids is 1. The van der Waals surface area contributed by atoms with E-state index in [4.69, 9.17) is 9.84 Å². The molecule has 6 nitrogen and oxygen atoms in total. The van der Waals surface area contributed by atoms with Crippen molar-refractivity contribution < 1.29 is 13.9 Å². The standard InChI is InChI=1S/C21H21FN4O2/c22-15-1-2-17-14(13-27)4-8-25(20(17)11-15)21-18-12-23-7-3-19(18)26(24-21)16-5-9-28-10-6-16/h1-3,7,11-14,16H,4-6,8-10H2. The van der Waals surface area contributed by atoms with Crippen LogP contribution in [0.1, 0.15) is 36.8 Å². The third-order valence-corrected chi connectivity index (χ3v) is 5.79. The van der Waals surface area contributed by atoms with Crippen molar-refractivity contribution in [3.05, 3.63) is 48.0 Å². The van der Waals surface area contributed by atoms with Gasteiger partial charge in [0.25, 0.3) is 0 Å². The molecule has 4 heterocycles. The van der Waals surface area contributed by atoms with Gasteiger partial charge in [0, 0.05) is 43.8 Å². The number of anilines is 2. The summed E-state index contributed by atoms with van der Waals surface area (Å²) in [6.07, 6.45) is 7.05. The summed E-state index contributed by atoms with van der Waals surface area (Å²) in [5.41, 5.74) is 2.58. The third kappa shape index (κ3) is 2.77. The van der Waals surface area contributed by atoms with Crippen molar-refractivity contribution in [3.63, 3.8) is 0 Å². The lowest BCUT2D eigenvalue weighted by atomic mass is 9.91. The van der Waals surface area contributed by atoms with Gasteiger partial charge in [-0.2, -0.15) is 5.10 Å². The Morgan fingerprint density at radius 2 is 2.04 bits per heavy atom. The van der Waals surface area contributed by atoms with Crippen LogP contribution in [0, 0.1) is 5.82 Å². The van der Waals surface area contributed by atoms with Gasteiger partial charge in [-0.05, 0) is 43.0 Å². The molecule has 0 N–H and O–H groups in total. The number of aldehydes is 1. The molecule has 0 amide bonds. The zero-order chi connectivity index (χ0) is 19.1. The number of hydrogen-bond acceptors (Lipinski definition) is 5. The van der Waals surface area contributed by atoms with Crippen molar-refractivity contribution in [2.75, 3.05) is 24.7 Å². The number of nitrogens with zero attached hydrogens (tertiary/aromatic N) is 4. The van der Waals surface area contributed by atoms with Gasteiger partial charge in [0.05, 0.1) is 16.9 Å². The van der Waals surface area contributed by atoms with Crippen LogP contribution in [0.3, 0.4) is 0 Å². The number of benzene rings is 1. The zero-order valence-electron chi connectivity index (χ0n) is 15.4. The first-order valence-electron chi connectivity index (χ1n) is 9.68. The second-order valence-electron chi connectivity index (χ2n) is 7.39. The van der Waals surface area contributed by atoms with E-state index in [2.05, 4.69) is 9.67 Å². The molecule has 0 radical (unpaired) electrons. The van der Waals surface area contributed by atoms with Crippen molar-refractivity contribution in [1.82, 2.24) is 14.8 Å². The predicted molar refractivity (Wildman–Crippen MR) is 103 cm³/mol. The second kappa shape index (κ2) is 6.98. The smallest absolute Gasteiger partial charge is 0.164 e. The number of hydrogen-bond donors (Lipinski definition) is 0. The number of fused-ring (bicyclic) bond motifs is 2. The minimum Gasteiger partial charge on any atom is -0.381 e. The first-order valence-corrected chi connectivity index (χ1v) is 9.68. The third-order valence-electron chi connectivity index (χ3n) is 5.79. The summed E-state index contributed by atoms with van der Waals surface area (Å²) >= 11 is 0. The molecule has 7 heteroatoms. The van der Waals surface area contributed by atoms with E-state index in [1.807, 2.05) is 17.2 Å². The van der Waals surface area contributed by atoms with Crippen LogP contribution < -0.4 is 4.90 Å². The number of halogens is 1. The fourth-order valence-electron chi connectivity index (χ4n) is 4.35. The van der Waals surface area contributed by atoms with E-state index in [1.54, 1.807) is 12.3 Å². The molecule has 1 fully saturated rings. The topological polar surface area (TPSA) is 60.2 Å². The summed E-state index contributed by atoms with van der Waals surface area (Å²) in [5.74, 6) is 0.237. The van der Waals surface area contributed by atoms with E-state index >= 15 is 0 Å².